The molecule has 74 valence electrons. The highest BCUT2D eigenvalue weighted by Crippen LogP contribution is 2.08. The maximum atomic E-state index is 5.32. The van der Waals surface area contributed by atoms with Gasteiger partial charge in [-0.05, 0) is 19.3 Å². The Hall–Kier alpha value is -0.890. The molecule has 0 saturated carbocycles. The fraction of sp³-hybridized carbons (Fsp3) is 0.545. The Labute approximate surface area is 81.2 Å². The van der Waals surface area contributed by atoms with Crippen molar-refractivity contribution < 1.29 is 0 Å². The van der Waals surface area contributed by atoms with Gasteiger partial charge in [0.25, 0.3) is 0 Å². The highest BCUT2D eigenvalue weighted by atomic mass is 14.7. The second-order valence-corrected chi connectivity index (χ2v) is 3.18. The normalized spacial score (nSPS) is 14.1. The van der Waals surface area contributed by atoms with Crippen LogP contribution in [0.1, 0.15) is 20.3 Å². The zero-order valence-electron chi connectivity index (χ0n) is 8.66. The van der Waals surface area contributed by atoms with Gasteiger partial charge < -0.3 is 5.73 Å². The smallest absolute Gasteiger partial charge is 0.0508 e. The predicted octanol–water partition coefficient (Wildman–Crippen LogP) is 2.17. The van der Waals surface area contributed by atoms with E-state index in [9.17, 15) is 0 Å². The summed E-state index contributed by atoms with van der Waals surface area (Å²) in [6, 6.07) is 0. The van der Waals surface area contributed by atoms with E-state index in [0.29, 0.717) is 12.5 Å². The third-order valence-electron chi connectivity index (χ3n) is 1.60. The second kappa shape index (κ2) is 7.74. The second-order valence-electron chi connectivity index (χ2n) is 3.18. The summed E-state index contributed by atoms with van der Waals surface area (Å²) >= 11 is 0. The highest BCUT2D eigenvalue weighted by molar-refractivity contribution is 5.60. The van der Waals surface area contributed by atoms with Crippen molar-refractivity contribution in [3.63, 3.8) is 0 Å². The molecule has 2 heteroatoms. The van der Waals surface area contributed by atoms with Gasteiger partial charge in [-0.2, -0.15) is 0 Å². The molecule has 0 aromatic rings. The van der Waals surface area contributed by atoms with Crippen LogP contribution in [0.15, 0.2) is 29.3 Å². The molecular weight excluding hydrogens is 160 g/mol. The van der Waals surface area contributed by atoms with Crippen LogP contribution < -0.4 is 5.73 Å². The van der Waals surface area contributed by atoms with E-state index in [0.717, 1.165) is 18.5 Å². The van der Waals surface area contributed by atoms with Gasteiger partial charge in [0.2, 0.25) is 0 Å². The maximum Gasteiger partial charge on any atom is 0.0508 e. The van der Waals surface area contributed by atoms with Gasteiger partial charge in [0, 0.05) is 12.8 Å². The van der Waals surface area contributed by atoms with Crippen LogP contribution >= 0.6 is 0 Å². The van der Waals surface area contributed by atoms with Crippen molar-refractivity contribution in [2.45, 2.75) is 20.3 Å². The minimum atomic E-state index is 0.454. The Morgan fingerprint density at radius 1 is 1.62 bits per heavy atom. The fourth-order valence-electron chi connectivity index (χ4n) is 1.10. The van der Waals surface area contributed by atoms with Crippen molar-refractivity contribution in [3.05, 3.63) is 24.3 Å². The van der Waals surface area contributed by atoms with Crippen LogP contribution in [0, 0.1) is 5.92 Å². The molecule has 1 unspecified atom stereocenters. The molecule has 0 aliphatic carbocycles. The van der Waals surface area contributed by atoms with Crippen molar-refractivity contribution in [1.82, 2.24) is 0 Å². The number of rotatable bonds is 6. The molecule has 13 heavy (non-hydrogen) atoms. The summed E-state index contributed by atoms with van der Waals surface area (Å²) < 4.78 is 0. The van der Waals surface area contributed by atoms with Gasteiger partial charge in [-0.3, -0.25) is 4.99 Å². The molecule has 0 aromatic heterocycles. The number of aliphatic imine (C=N–C) groups is 1. The van der Waals surface area contributed by atoms with Crippen LogP contribution in [0.4, 0.5) is 0 Å². The molecule has 1 atom stereocenters. The Balaban J connectivity index is 3.73. The van der Waals surface area contributed by atoms with Crippen molar-refractivity contribution in [3.8, 4) is 0 Å². The number of nitrogens with two attached hydrogens (primary N) is 1. The molecule has 0 rings (SSSR count). The average Bonchev–Trinajstić information content (AvgIpc) is 2.05. The van der Waals surface area contributed by atoms with Crippen LogP contribution in [0.2, 0.25) is 0 Å². The minimum absolute atomic E-state index is 0.454. The Kier molecular flexibility index (Phi) is 7.21. The van der Waals surface area contributed by atoms with Gasteiger partial charge in [-0.25, -0.2) is 0 Å². The molecule has 0 amide bonds. The Morgan fingerprint density at radius 2 is 2.31 bits per heavy atom. The number of allylic oxidation sites excluding steroid dienone is 3. The Morgan fingerprint density at radius 3 is 2.85 bits per heavy atom. The largest absolute Gasteiger partial charge is 0.329 e. The van der Waals surface area contributed by atoms with E-state index < -0.39 is 0 Å². The summed E-state index contributed by atoms with van der Waals surface area (Å²) in [5.74, 6) is 0.454. The SMILES string of the molecule is C=C(/C=C\C)CC(C)/C=N/CCN. The first-order chi connectivity index (χ1) is 6.20. The van der Waals surface area contributed by atoms with Crippen LogP contribution in [0.3, 0.4) is 0 Å². The van der Waals surface area contributed by atoms with E-state index in [1.807, 2.05) is 25.3 Å². The molecule has 0 fully saturated rings. The topological polar surface area (TPSA) is 38.4 Å². The van der Waals surface area contributed by atoms with Gasteiger partial charge in [0.1, 0.15) is 0 Å². The molecule has 0 aliphatic rings. The van der Waals surface area contributed by atoms with E-state index in [1.165, 1.54) is 0 Å². The molecule has 0 radical (unpaired) electrons. The van der Waals surface area contributed by atoms with E-state index in [-0.39, 0.29) is 0 Å². The molecule has 0 aromatic carbocycles. The Bertz CT molecular complexity index is 192. The first kappa shape index (κ1) is 12.1. The lowest BCUT2D eigenvalue weighted by molar-refractivity contribution is 0.781. The standard InChI is InChI=1S/C11H20N2/c1-4-5-10(2)8-11(3)9-13-7-6-12/h4-5,9,11H,2,6-8,12H2,1,3H3/b5-4-,13-9+. The first-order valence-corrected chi connectivity index (χ1v) is 4.71. The zero-order chi connectivity index (χ0) is 10.1. The molecule has 0 bridgehead atoms. The highest BCUT2D eigenvalue weighted by Gasteiger charge is 1.97. The van der Waals surface area contributed by atoms with Crippen LogP contribution in [0.5, 0.6) is 0 Å². The third-order valence-corrected chi connectivity index (χ3v) is 1.60. The van der Waals surface area contributed by atoms with Gasteiger partial charge in [-0.15, -0.1) is 0 Å². The minimum Gasteiger partial charge on any atom is -0.329 e. The van der Waals surface area contributed by atoms with Crippen molar-refractivity contribution in [2.24, 2.45) is 16.6 Å². The van der Waals surface area contributed by atoms with E-state index >= 15 is 0 Å². The third kappa shape index (κ3) is 7.47. The monoisotopic (exact) mass is 180 g/mol. The summed E-state index contributed by atoms with van der Waals surface area (Å²) in [4.78, 5) is 4.19. The molecule has 2 N–H and O–H groups in total. The lowest BCUT2D eigenvalue weighted by Crippen LogP contribution is -2.04. The van der Waals surface area contributed by atoms with Gasteiger partial charge >= 0.3 is 0 Å². The summed E-state index contributed by atoms with van der Waals surface area (Å²) in [6.07, 6.45) is 6.97. The maximum absolute atomic E-state index is 5.32. The number of nitrogens with zero attached hydrogens (tertiary/aromatic N) is 1. The molecular formula is C11H20N2. The van der Waals surface area contributed by atoms with E-state index in [4.69, 9.17) is 5.73 Å². The summed E-state index contributed by atoms with van der Waals surface area (Å²) in [6.45, 7) is 9.42. The average molecular weight is 180 g/mol. The molecule has 0 aliphatic heterocycles. The van der Waals surface area contributed by atoms with Crippen LogP contribution in [0.25, 0.3) is 0 Å². The predicted molar refractivity (Wildman–Crippen MR) is 60.1 cm³/mol. The lowest BCUT2D eigenvalue weighted by Gasteiger charge is -2.04. The fourth-order valence-corrected chi connectivity index (χ4v) is 1.10. The number of hydrogen-bond donors (Lipinski definition) is 1. The summed E-state index contributed by atoms with van der Waals surface area (Å²) in [5, 5.41) is 0. The van der Waals surface area contributed by atoms with Crippen LogP contribution in [-0.4, -0.2) is 19.3 Å². The van der Waals surface area contributed by atoms with Crippen molar-refractivity contribution >= 4 is 6.21 Å². The van der Waals surface area contributed by atoms with Gasteiger partial charge in [0.15, 0.2) is 0 Å². The van der Waals surface area contributed by atoms with Crippen molar-refractivity contribution in [2.75, 3.05) is 13.1 Å². The van der Waals surface area contributed by atoms with Crippen molar-refractivity contribution in [1.29, 1.82) is 0 Å². The molecule has 2 nitrogen and oxygen atoms in total. The quantitative estimate of drug-likeness (QED) is 0.494. The molecule has 0 spiro atoms. The molecule has 0 heterocycles. The number of hydrogen-bond acceptors (Lipinski definition) is 2. The molecule has 0 saturated heterocycles. The van der Waals surface area contributed by atoms with E-state index in [2.05, 4.69) is 18.5 Å². The van der Waals surface area contributed by atoms with Gasteiger partial charge in [0.05, 0.1) is 6.54 Å². The lowest BCUT2D eigenvalue weighted by atomic mass is 10.0. The summed E-state index contributed by atoms with van der Waals surface area (Å²) in [5.41, 5.74) is 6.47. The van der Waals surface area contributed by atoms with Crippen LogP contribution in [-0.2, 0) is 0 Å². The summed E-state index contributed by atoms with van der Waals surface area (Å²) in [7, 11) is 0. The van der Waals surface area contributed by atoms with Gasteiger partial charge in [-0.1, -0.05) is 31.2 Å². The zero-order valence-corrected chi connectivity index (χ0v) is 8.66. The van der Waals surface area contributed by atoms with E-state index in [1.54, 1.807) is 0 Å². The first-order valence-electron chi connectivity index (χ1n) is 4.71.